The lowest BCUT2D eigenvalue weighted by atomic mass is 9.99. The normalized spacial score (nSPS) is 14.6. The molecule has 0 bridgehead atoms. The van der Waals surface area contributed by atoms with Crippen LogP contribution >= 0.6 is 0 Å². The van der Waals surface area contributed by atoms with Gasteiger partial charge in [0.1, 0.15) is 0 Å². The fourth-order valence-electron chi connectivity index (χ4n) is 3.23. The first-order chi connectivity index (χ1) is 12.5. The van der Waals surface area contributed by atoms with Gasteiger partial charge in [-0.3, -0.25) is 9.71 Å². The molecule has 4 rings (SSSR count). The fraction of sp³-hybridized carbons (Fsp3) is 0.211. The van der Waals surface area contributed by atoms with Gasteiger partial charge < -0.3 is 10.2 Å². The first-order valence-corrected chi connectivity index (χ1v) is 9.88. The fourth-order valence-corrected chi connectivity index (χ4v) is 4.54. The van der Waals surface area contributed by atoms with Gasteiger partial charge >= 0.3 is 0 Å². The summed E-state index contributed by atoms with van der Waals surface area (Å²) in [6.07, 6.45) is 1.68. The van der Waals surface area contributed by atoms with Crippen LogP contribution in [0.2, 0.25) is 0 Å². The Balaban J connectivity index is 1.94. The van der Waals surface area contributed by atoms with E-state index in [0.717, 1.165) is 29.7 Å². The van der Waals surface area contributed by atoms with Crippen molar-refractivity contribution in [2.75, 3.05) is 37.2 Å². The second kappa shape index (κ2) is 6.26. The second-order valence-corrected chi connectivity index (χ2v) is 8.23. The van der Waals surface area contributed by atoms with Crippen molar-refractivity contribution in [3.63, 3.8) is 0 Å². The number of hydrogen-bond acceptors (Lipinski definition) is 5. The summed E-state index contributed by atoms with van der Waals surface area (Å²) in [6.45, 7) is 1.67. The van der Waals surface area contributed by atoms with Crippen molar-refractivity contribution < 1.29 is 8.42 Å². The Morgan fingerprint density at radius 2 is 1.92 bits per heavy atom. The Labute approximate surface area is 152 Å². The highest BCUT2D eigenvalue weighted by Crippen LogP contribution is 2.44. The summed E-state index contributed by atoms with van der Waals surface area (Å²) in [5.41, 5.74) is 3.68. The van der Waals surface area contributed by atoms with Crippen LogP contribution in [0.1, 0.15) is 0 Å². The Kier molecular flexibility index (Phi) is 4.05. The number of benzene rings is 2. The van der Waals surface area contributed by atoms with Gasteiger partial charge in [0.2, 0.25) is 0 Å². The lowest BCUT2D eigenvalue weighted by Gasteiger charge is -2.24. The molecule has 0 saturated carbocycles. The minimum atomic E-state index is -3.61. The molecule has 0 radical (unpaired) electrons. The summed E-state index contributed by atoms with van der Waals surface area (Å²) in [6, 6.07) is 12.9. The maximum atomic E-state index is 12.7. The molecule has 1 aliphatic heterocycles. The molecular formula is C19H20N4O2S. The molecule has 0 saturated heterocycles. The average Bonchev–Trinajstić information content (AvgIpc) is 2.62. The van der Waals surface area contributed by atoms with Crippen molar-refractivity contribution in [3.8, 4) is 11.1 Å². The average molecular weight is 368 g/mol. The molecule has 3 aromatic rings. The topological polar surface area (TPSA) is 74.3 Å². The number of pyridine rings is 1. The molecule has 0 aliphatic carbocycles. The van der Waals surface area contributed by atoms with E-state index in [1.54, 1.807) is 18.3 Å². The summed E-state index contributed by atoms with van der Waals surface area (Å²) in [7, 11) is 0.449. The maximum Gasteiger partial charge on any atom is 0.262 e. The minimum Gasteiger partial charge on any atom is -0.383 e. The summed E-state index contributed by atoms with van der Waals surface area (Å²) in [5, 5.41) is 4.36. The van der Waals surface area contributed by atoms with Gasteiger partial charge in [-0.15, -0.1) is 0 Å². The molecule has 0 amide bonds. The van der Waals surface area contributed by atoms with E-state index in [4.69, 9.17) is 0 Å². The molecule has 0 atom stereocenters. The molecule has 0 fully saturated rings. The molecule has 26 heavy (non-hydrogen) atoms. The van der Waals surface area contributed by atoms with Crippen LogP contribution in [0.5, 0.6) is 0 Å². The number of rotatable bonds is 4. The smallest absolute Gasteiger partial charge is 0.262 e. The summed E-state index contributed by atoms with van der Waals surface area (Å²) < 4.78 is 28.0. The highest BCUT2D eigenvalue weighted by molar-refractivity contribution is 7.93. The third kappa shape index (κ3) is 2.79. The van der Waals surface area contributed by atoms with Gasteiger partial charge in [-0.2, -0.15) is 0 Å². The molecule has 2 N–H and O–H groups in total. The van der Waals surface area contributed by atoms with E-state index in [-0.39, 0.29) is 0 Å². The van der Waals surface area contributed by atoms with Gasteiger partial charge in [0.05, 0.1) is 16.1 Å². The van der Waals surface area contributed by atoms with Crippen LogP contribution in [0.3, 0.4) is 0 Å². The van der Waals surface area contributed by atoms with Crippen molar-refractivity contribution >= 4 is 32.3 Å². The maximum absolute atomic E-state index is 12.7. The van der Waals surface area contributed by atoms with Crippen LogP contribution in [0, 0.1) is 0 Å². The summed E-state index contributed by atoms with van der Waals surface area (Å²) in [4.78, 5) is 6.86. The Morgan fingerprint density at radius 3 is 2.73 bits per heavy atom. The first kappa shape index (κ1) is 16.8. The molecule has 1 aromatic heterocycles. The molecule has 134 valence electrons. The Hall–Kier alpha value is -2.64. The zero-order valence-corrected chi connectivity index (χ0v) is 15.5. The number of likely N-dealkylation sites (N-methyl/N-ethyl adjacent to an activating group) is 1. The zero-order chi connectivity index (χ0) is 18.3. The van der Waals surface area contributed by atoms with E-state index in [2.05, 4.69) is 19.9 Å². The summed E-state index contributed by atoms with van der Waals surface area (Å²) in [5.74, 6) is 0. The Morgan fingerprint density at radius 1 is 1.12 bits per heavy atom. The van der Waals surface area contributed by atoms with E-state index in [0.29, 0.717) is 21.7 Å². The number of hydrogen-bond donors (Lipinski definition) is 2. The van der Waals surface area contributed by atoms with Gasteiger partial charge in [0.15, 0.2) is 0 Å². The number of aromatic nitrogens is 1. The number of nitrogens with zero attached hydrogens (tertiary/aromatic N) is 2. The van der Waals surface area contributed by atoms with E-state index < -0.39 is 10.0 Å². The predicted molar refractivity (Wildman–Crippen MR) is 105 cm³/mol. The van der Waals surface area contributed by atoms with Crippen LogP contribution in [0.25, 0.3) is 22.0 Å². The van der Waals surface area contributed by atoms with Gasteiger partial charge in [0.25, 0.3) is 10.0 Å². The highest BCUT2D eigenvalue weighted by atomic mass is 32.2. The first-order valence-electron chi connectivity index (χ1n) is 8.40. The molecule has 2 aromatic carbocycles. The number of anilines is 2. The van der Waals surface area contributed by atoms with E-state index in [9.17, 15) is 8.42 Å². The van der Waals surface area contributed by atoms with Crippen molar-refractivity contribution in [1.82, 2.24) is 9.88 Å². The largest absolute Gasteiger partial charge is 0.383 e. The zero-order valence-electron chi connectivity index (χ0n) is 14.7. The van der Waals surface area contributed by atoms with Crippen molar-refractivity contribution in [2.45, 2.75) is 4.90 Å². The van der Waals surface area contributed by atoms with E-state index >= 15 is 0 Å². The molecule has 2 heterocycles. The SMILES string of the molecule is CN(C)CCNc1cc2c(c3ncccc13)NS(=O)(=O)c1ccccc1-2. The van der Waals surface area contributed by atoms with E-state index in [1.165, 1.54) is 0 Å². The molecule has 1 aliphatic rings. The highest BCUT2D eigenvalue weighted by Gasteiger charge is 2.29. The van der Waals surface area contributed by atoms with Crippen molar-refractivity contribution in [1.29, 1.82) is 0 Å². The minimum absolute atomic E-state index is 0.294. The van der Waals surface area contributed by atoms with Crippen molar-refractivity contribution in [2.24, 2.45) is 0 Å². The lowest BCUT2D eigenvalue weighted by Crippen LogP contribution is -2.22. The molecule has 7 heteroatoms. The van der Waals surface area contributed by atoms with Crippen LogP contribution in [-0.2, 0) is 10.0 Å². The quantitative estimate of drug-likeness (QED) is 0.741. The second-order valence-electron chi connectivity index (χ2n) is 6.58. The monoisotopic (exact) mass is 368 g/mol. The predicted octanol–water partition coefficient (Wildman–Crippen LogP) is 2.99. The molecular weight excluding hydrogens is 348 g/mol. The number of sulfonamides is 1. The lowest BCUT2D eigenvalue weighted by molar-refractivity contribution is 0.425. The summed E-state index contributed by atoms with van der Waals surface area (Å²) >= 11 is 0. The third-order valence-electron chi connectivity index (χ3n) is 4.47. The molecule has 6 nitrogen and oxygen atoms in total. The van der Waals surface area contributed by atoms with Crippen LogP contribution in [-0.4, -0.2) is 45.5 Å². The van der Waals surface area contributed by atoms with Gasteiger partial charge in [-0.25, -0.2) is 8.42 Å². The Bertz CT molecular complexity index is 1090. The molecule has 0 unspecified atom stereocenters. The van der Waals surface area contributed by atoms with E-state index in [1.807, 2.05) is 44.4 Å². The molecule has 0 spiro atoms. The third-order valence-corrected chi connectivity index (χ3v) is 5.88. The van der Waals surface area contributed by atoms with Crippen LogP contribution < -0.4 is 10.0 Å². The van der Waals surface area contributed by atoms with Gasteiger partial charge in [-0.05, 0) is 38.4 Å². The van der Waals surface area contributed by atoms with Crippen LogP contribution in [0.15, 0.2) is 53.6 Å². The van der Waals surface area contributed by atoms with Gasteiger partial charge in [0, 0.05) is 41.5 Å². The van der Waals surface area contributed by atoms with Crippen molar-refractivity contribution in [3.05, 3.63) is 48.7 Å². The standard InChI is InChI=1S/C19H20N4O2S/c1-23(2)11-10-20-16-12-15-13-6-3-4-8-17(13)26(24,25)22-19(15)18-14(16)7-5-9-21-18/h3-9,12,20,22H,10-11H2,1-2H3. The number of nitrogens with one attached hydrogen (secondary N) is 2. The van der Waals surface area contributed by atoms with Gasteiger partial charge in [-0.1, -0.05) is 18.2 Å². The van der Waals surface area contributed by atoms with Crippen LogP contribution in [0.4, 0.5) is 11.4 Å². The number of fused-ring (bicyclic) bond motifs is 5.